The summed E-state index contributed by atoms with van der Waals surface area (Å²) in [4.78, 5) is 0. The van der Waals surface area contributed by atoms with E-state index in [4.69, 9.17) is 0 Å². The molecule has 3 nitrogen and oxygen atoms in total. The molecule has 0 atom stereocenters. The van der Waals surface area contributed by atoms with Crippen LogP contribution < -0.4 is 0 Å². The molecule has 0 aliphatic rings. The molecule has 9 heavy (non-hydrogen) atoms. The Labute approximate surface area is 180 Å². The fraction of sp³-hybridized carbons (Fsp3) is 0. The topological polar surface area (TPSA) is 85.5 Å². The van der Waals surface area contributed by atoms with Crippen LogP contribution in [-0.4, -0.2) is 122 Å². The summed E-state index contributed by atoms with van der Waals surface area (Å²) in [6, 6.07) is 0. The minimum absolute atomic E-state index is 0. The van der Waals surface area contributed by atoms with E-state index in [1.807, 2.05) is 0 Å². The summed E-state index contributed by atoms with van der Waals surface area (Å²) in [6.07, 6.45) is 0. The minimum atomic E-state index is 0. The zero-order valence-corrected chi connectivity index (χ0v) is 14.2. The molecule has 0 aromatic rings. The molecular weight excluding hydrogens is 288 g/mol. The molecule has 0 bridgehead atoms. The zero-order chi connectivity index (χ0) is 0. The molecule has 0 aromatic carbocycles. The third-order valence-corrected chi connectivity index (χ3v) is 0. The predicted molar refractivity (Wildman–Crippen MR) is 34.0 cm³/mol. The SMILES string of the molecule is [Ca+2].[Ca+2].[Fe+3].[Fe+3].[H-].[H-].[H-].[H-].[H-].[H-].[H-].[H-].[Mg+2].[Mg+2].[O-2].[O-2].[O-2]. The number of hydrogen-bond donors (Lipinski definition) is 0. The van der Waals surface area contributed by atoms with Gasteiger partial charge in [0.15, 0.2) is 0 Å². The Morgan fingerprint density at radius 3 is 0.556 bits per heavy atom. The molecule has 0 amide bonds. The van der Waals surface area contributed by atoms with Crippen LogP contribution in [0.2, 0.25) is 0 Å². The van der Waals surface area contributed by atoms with E-state index < -0.39 is 0 Å². The first-order chi connectivity index (χ1) is 0. The molecule has 0 rings (SSSR count). The van der Waals surface area contributed by atoms with E-state index in [0.29, 0.717) is 0 Å². The Morgan fingerprint density at radius 2 is 0.556 bits per heavy atom. The summed E-state index contributed by atoms with van der Waals surface area (Å²) < 4.78 is 0. The van der Waals surface area contributed by atoms with Gasteiger partial charge in [-0.2, -0.15) is 0 Å². The summed E-state index contributed by atoms with van der Waals surface area (Å²) >= 11 is 0. The van der Waals surface area contributed by atoms with E-state index in [1.54, 1.807) is 0 Å². The van der Waals surface area contributed by atoms with Crippen LogP contribution in [0.25, 0.3) is 0 Å². The molecule has 0 fully saturated rings. The van der Waals surface area contributed by atoms with Crippen LogP contribution in [0.4, 0.5) is 0 Å². The average molecular weight is 297 g/mol. The van der Waals surface area contributed by atoms with E-state index in [-0.39, 0.29) is 184 Å². The van der Waals surface area contributed by atoms with Crippen LogP contribution in [0.1, 0.15) is 11.4 Å². The Morgan fingerprint density at radius 1 is 0.556 bits per heavy atom. The van der Waals surface area contributed by atoms with Crippen molar-refractivity contribution in [1.82, 2.24) is 0 Å². The normalized spacial score (nSPS) is 0. The maximum absolute atomic E-state index is 0. The third kappa shape index (κ3) is 63.2. The van der Waals surface area contributed by atoms with Crippen LogP contribution in [-0.2, 0) is 50.6 Å². The zero-order valence-electron chi connectivity index (χ0n) is 12.8. The van der Waals surface area contributed by atoms with Crippen molar-refractivity contribution in [3.63, 3.8) is 0 Å². The molecule has 0 unspecified atom stereocenters. The summed E-state index contributed by atoms with van der Waals surface area (Å²) in [5, 5.41) is 0. The number of hydrogen-bond acceptors (Lipinski definition) is 0. The van der Waals surface area contributed by atoms with Crippen molar-refractivity contribution in [3.8, 4) is 0 Å². The fourth-order valence-corrected chi connectivity index (χ4v) is 0. The van der Waals surface area contributed by atoms with Gasteiger partial charge in [0, 0.05) is 0 Å². The first kappa shape index (κ1) is 95.1. The molecule has 0 spiro atoms. The van der Waals surface area contributed by atoms with Gasteiger partial charge in [0.05, 0.1) is 0 Å². The molecule has 0 saturated carbocycles. The van der Waals surface area contributed by atoms with Gasteiger partial charge in [-0.15, -0.1) is 0 Å². The molecule has 9 heteroatoms. The molecule has 2 radical (unpaired) electrons. The van der Waals surface area contributed by atoms with Crippen molar-refractivity contribution in [3.05, 3.63) is 0 Å². The standard InChI is InChI=1S/2Ca.2Fe.2Mg.3O.8H/q2*+2;2*+3;2*+2;3*-2;8*-1. The van der Waals surface area contributed by atoms with E-state index in [1.165, 1.54) is 0 Å². The fourth-order valence-electron chi connectivity index (χ4n) is 0. The summed E-state index contributed by atoms with van der Waals surface area (Å²) in [5.41, 5.74) is 0. The second-order valence-electron chi connectivity index (χ2n) is 0. The first-order valence-corrected chi connectivity index (χ1v) is 0. The predicted octanol–water partition coefficient (Wildman–Crippen LogP) is -0.985. The van der Waals surface area contributed by atoms with Crippen molar-refractivity contribution in [1.29, 1.82) is 0 Å². The molecule has 0 aliphatic carbocycles. The average Bonchev–Trinajstić information content (AvgIpc) is 0. The van der Waals surface area contributed by atoms with Crippen molar-refractivity contribution >= 4 is 122 Å². The van der Waals surface area contributed by atoms with Crippen LogP contribution in [0.5, 0.6) is 0 Å². The van der Waals surface area contributed by atoms with Gasteiger partial charge >= 0.3 is 156 Å². The van der Waals surface area contributed by atoms with Crippen molar-refractivity contribution in [2.45, 2.75) is 0 Å². The van der Waals surface area contributed by atoms with Crippen molar-refractivity contribution in [2.75, 3.05) is 0 Å². The van der Waals surface area contributed by atoms with Gasteiger partial charge < -0.3 is 27.8 Å². The van der Waals surface area contributed by atoms with Gasteiger partial charge in [-0.05, 0) is 0 Å². The molecule has 0 N–H and O–H groups in total. The summed E-state index contributed by atoms with van der Waals surface area (Å²) in [6.45, 7) is 0. The summed E-state index contributed by atoms with van der Waals surface area (Å²) in [7, 11) is 0. The second-order valence-corrected chi connectivity index (χ2v) is 0. The van der Waals surface area contributed by atoms with E-state index >= 15 is 0 Å². The Bertz CT molecular complexity index is 34.7. The first-order valence-electron chi connectivity index (χ1n) is 0. The Balaban J connectivity index is 0. The largest absolute Gasteiger partial charge is 3.00 e. The Kier molecular flexibility index (Phi) is 795. The molecule has 0 saturated heterocycles. The van der Waals surface area contributed by atoms with Crippen LogP contribution in [0, 0.1) is 0 Å². The Hall–Kier alpha value is 4.97. The smallest absolute Gasteiger partial charge is 2.00 e. The monoisotopic (exact) mass is 296 g/mol. The second kappa shape index (κ2) is 75.2. The van der Waals surface area contributed by atoms with Gasteiger partial charge in [0.1, 0.15) is 0 Å². The van der Waals surface area contributed by atoms with E-state index in [0.717, 1.165) is 0 Å². The van der Waals surface area contributed by atoms with Gasteiger partial charge in [0.2, 0.25) is 0 Å². The molecule has 50 valence electrons. The maximum Gasteiger partial charge on any atom is 3.00 e. The third-order valence-electron chi connectivity index (χ3n) is 0. The van der Waals surface area contributed by atoms with Crippen molar-refractivity contribution < 1.29 is 62.0 Å². The molecule has 0 aliphatic heterocycles. The summed E-state index contributed by atoms with van der Waals surface area (Å²) in [5.74, 6) is 0. The van der Waals surface area contributed by atoms with E-state index in [9.17, 15) is 0 Å². The molecule has 0 aromatic heterocycles. The molecular formula is H8Ca2Fe2Mg2O3. The van der Waals surface area contributed by atoms with Gasteiger partial charge in [0.25, 0.3) is 0 Å². The van der Waals surface area contributed by atoms with Gasteiger partial charge in [-0.1, -0.05) is 0 Å². The molecule has 0 heterocycles. The van der Waals surface area contributed by atoms with Crippen LogP contribution in [0.15, 0.2) is 0 Å². The minimum Gasteiger partial charge on any atom is -2.00 e. The number of rotatable bonds is 0. The maximum atomic E-state index is 0. The van der Waals surface area contributed by atoms with E-state index in [2.05, 4.69) is 0 Å². The van der Waals surface area contributed by atoms with Gasteiger partial charge in [-0.25, -0.2) is 0 Å². The quantitative estimate of drug-likeness (QED) is 0.514. The van der Waals surface area contributed by atoms with Crippen LogP contribution >= 0.6 is 0 Å². The van der Waals surface area contributed by atoms with Crippen molar-refractivity contribution in [2.24, 2.45) is 0 Å². The van der Waals surface area contributed by atoms with Crippen LogP contribution in [0.3, 0.4) is 0 Å². The van der Waals surface area contributed by atoms with Gasteiger partial charge in [-0.3, -0.25) is 0 Å².